The quantitative estimate of drug-likeness (QED) is 0.909. The normalized spacial score (nSPS) is 14.2. The maximum atomic E-state index is 13.8. The lowest BCUT2D eigenvalue weighted by atomic mass is 10.1. The van der Waals surface area contributed by atoms with Crippen molar-refractivity contribution < 1.29 is 9.13 Å². The van der Waals surface area contributed by atoms with Crippen LogP contribution in [0.4, 0.5) is 10.1 Å². The van der Waals surface area contributed by atoms with E-state index >= 15 is 0 Å². The van der Waals surface area contributed by atoms with Gasteiger partial charge in [-0.2, -0.15) is 0 Å². The second-order valence-electron chi connectivity index (χ2n) is 4.86. The van der Waals surface area contributed by atoms with Gasteiger partial charge in [-0.25, -0.2) is 4.39 Å². The maximum Gasteiger partial charge on any atom is 0.146 e. The van der Waals surface area contributed by atoms with Crippen LogP contribution in [0.3, 0.4) is 0 Å². The molecule has 0 bridgehead atoms. The van der Waals surface area contributed by atoms with Crippen molar-refractivity contribution in [1.29, 1.82) is 0 Å². The highest BCUT2D eigenvalue weighted by molar-refractivity contribution is 5.51. The Labute approximate surface area is 112 Å². The number of hydrogen-bond acceptors (Lipinski definition) is 2. The molecule has 0 atom stereocenters. The zero-order valence-electron chi connectivity index (χ0n) is 10.8. The minimum Gasteiger partial charge on any atom is -0.497 e. The molecule has 1 aliphatic carbocycles. The number of nitrogens with one attached hydrogen (secondary N) is 1. The summed E-state index contributed by atoms with van der Waals surface area (Å²) in [5.41, 5.74) is 3.21. The van der Waals surface area contributed by atoms with E-state index in [0.29, 0.717) is 11.4 Å². The van der Waals surface area contributed by atoms with Gasteiger partial charge in [0, 0.05) is 12.1 Å². The van der Waals surface area contributed by atoms with Gasteiger partial charge in [-0.15, -0.1) is 0 Å². The molecule has 1 N–H and O–H groups in total. The van der Waals surface area contributed by atoms with Crippen LogP contribution in [-0.4, -0.2) is 13.2 Å². The minimum atomic E-state index is -0.239. The molecule has 2 nitrogen and oxygen atoms in total. The van der Waals surface area contributed by atoms with Gasteiger partial charge in [-0.1, -0.05) is 24.3 Å². The highest BCUT2D eigenvalue weighted by Crippen LogP contribution is 2.27. The van der Waals surface area contributed by atoms with Crippen LogP contribution < -0.4 is 10.1 Å². The first-order valence-electron chi connectivity index (χ1n) is 6.43. The summed E-state index contributed by atoms with van der Waals surface area (Å²) in [5, 5.41) is 3.28. The summed E-state index contributed by atoms with van der Waals surface area (Å²) in [4.78, 5) is 0. The van der Waals surface area contributed by atoms with E-state index in [0.717, 1.165) is 12.8 Å². The number of halogens is 1. The lowest BCUT2D eigenvalue weighted by Crippen LogP contribution is -2.20. The predicted molar refractivity (Wildman–Crippen MR) is 74.2 cm³/mol. The number of fused-ring (bicyclic) bond motifs is 1. The molecule has 0 amide bonds. The SMILES string of the molecule is COc1ccc(F)c(NC2Cc3ccccc3C2)c1. The van der Waals surface area contributed by atoms with Crippen LogP contribution in [0.2, 0.25) is 0 Å². The van der Waals surface area contributed by atoms with Gasteiger partial charge in [0.25, 0.3) is 0 Å². The third kappa shape index (κ3) is 2.41. The van der Waals surface area contributed by atoms with Gasteiger partial charge in [0.2, 0.25) is 0 Å². The first-order chi connectivity index (χ1) is 9.26. The summed E-state index contributed by atoms with van der Waals surface area (Å²) in [6.45, 7) is 0. The van der Waals surface area contributed by atoms with Gasteiger partial charge in [0.05, 0.1) is 12.8 Å². The average molecular weight is 257 g/mol. The van der Waals surface area contributed by atoms with Crippen LogP contribution in [0.5, 0.6) is 5.75 Å². The van der Waals surface area contributed by atoms with E-state index in [1.165, 1.54) is 17.2 Å². The van der Waals surface area contributed by atoms with Crippen molar-refractivity contribution in [3.63, 3.8) is 0 Å². The molecule has 3 heteroatoms. The Bertz CT molecular complexity index is 572. The fraction of sp³-hybridized carbons (Fsp3) is 0.250. The molecule has 0 heterocycles. The zero-order valence-corrected chi connectivity index (χ0v) is 10.8. The van der Waals surface area contributed by atoms with E-state index < -0.39 is 0 Å². The van der Waals surface area contributed by atoms with Crippen LogP contribution in [0.1, 0.15) is 11.1 Å². The second kappa shape index (κ2) is 4.92. The summed E-state index contributed by atoms with van der Waals surface area (Å²) >= 11 is 0. The number of hydrogen-bond donors (Lipinski definition) is 1. The summed E-state index contributed by atoms with van der Waals surface area (Å²) in [5.74, 6) is 0.427. The molecule has 0 saturated carbocycles. The monoisotopic (exact) mass is 257 g/mol. The maximum absolute atomic E-state index is 13.8. The van der Waals surface area contributed by atoms with Gasteiger partial charge in [-0.05, 0) is 36.1 Å². The number of ether oxygens (including phenoxy) is 1. The third-order valence-corrected chi connectivity index (χ3v) is 3.58. The summed E-state index contributed by atoms with van der Waals surface area (Å²) in [7, 11) is 1.59. The minimum absolute atomic E-state index is 0.239. The summed E-state index contributed by atoms with van der Waals surface area (Å²) in [6, 6.07) is 13.4. The zero-order chi connectivity index (χ0) is 13.2. The van der Waals surface area contributed by atoms with Gasteiger partial charge in [-0.3, -0.25) is 0 Å². The topological polar surface area (TPSA) is 21.3 Å². The van der Waals surface area contributed by atoms with Gasteiger partial charge in [0.1, 0.15) is 11.6 Å². The van der Waals surface area contributed by atoms with Crippen LogP contribution in [0.25, 0.3) is 0 Å². The molecular formula is C16H16FNO. The fourth-order valence-corrected chi connectivity index (χ4v) is 2.62. The predicted octanol–water partition coefficient (Wildman–Crippen LogP) is 3.41. The molecular weight excluding hydrogens is 241 g/mol. The van der Waals surface area contributed by atoms with Crippen molar-refractivity contribution in [3.05, 3.63) is 59.4 Å². The lowest BCUT2D eigenvalue weighted by Gasteiger charge is -2.15. The molecule has 2 aromatic rings. The van der Waals surface area contributed by atoms with Crippen molar-refractivity contribution in [3.8, 4) is 5.75 Å². The molecule has 98 valence electrons. The molecule has 19 heavy (non-hydrogen) atoms. The Morgan fingerprint density at radius 1 is 1.11 bits per heavy atom. The molecule has 1 aliphatic rings. The fourth-order valence-electron chi connectivity index (χ4n) is 2.62. The first kappa shape index (κ1) is 12.0. The highest BCUT2D eigenvalue weighted by atomic mass is 19.1. The average Bonchev–Trinajstić information content (AvgIpc) is 2.83. The number of methoxy groups -OCH3 is 1. The molecule has 0 unspecified atom stereocenters. The van der Waals surface area contributed by atoms with Crippen molar-refractivity contribution >= 4 is 5.69 Å². The number of rotatable bonds is 3. The molecule has 2 aromatic carbocycles. The summed E-state index contributed by atoms with van der Waals surface area (Å²) < 4.78 is 18.9. The molecule has 0 saturated heterocycles. The molecule has 0 fully saturated rings. The highest BCUT2D eigenvalue weighted by Gasteiger charge is 2.21. The molecule has 3 rings (SSSR count). The number of benzene rings is 2. The Kier molecular flexibility index (Phi) is 3.11. The van der Waals surface area contributed by atoms with Crippen LogP contribution in [0.15, 0.2) is 42.5 Å². The molecule has 0 aliphatic heterocycles. The van der Waals surface area contributed by atoms with E-state index in [2.05, 4.69) is 17.4 Å². The molecule has 0 spiro atoms. The largest absolute Gasteiger partial charge is 0.497 e. The summed E-state index contributed by atoms with van der Waals surface area (Å²) in [6.07, 6.45) is 1.87. The second-order valence-corrected chi connectivity index (χ2v) is 4.86. The van der Waals surface area contributed by atoms with Crippen LogP contribution in [0, 0.1) is 5.82 Å². The molecule has 0 radical (unpaired) electrons. The number of anilines is 1. The van der Waals surface area contributed by atoms with E-state index in [4.69, 9.17) is 4.74 Å². The van der Waals surface area contributed by atoms with Crippen molar-refractivity contribution in [2.45, 2.75) is 18.9 Å². The van der Waals surface area contributed by atoms with E-state index in [9.17, 15) is 4.39 Å². The van der Waals surface area contributed by atoms with E-state index in [-0.39, 0.29) is 11.9 Å². The Morgan fingerprint density at radius 2 is 1.79 bits per heavy atom. The van der Waals surface area contributed by atoms with E-state index in [1.54, 1.807) is 19.2 Å². The molecule has 0 aromatic heterocycles. The van der Waals surface area contributed by atoms with Crippen molar-refractivity contribution in [1.82, 2.24) is 0 Å². The van der Waals surface area contributed by atoms with Crippen LogP contribution in [-0.2, 0) is 12.8 Å². The first-order valence-corrected chi connectivity index (χ1v) is 6.43. The van der Waals surface area contributed by atoms with Gasteiger partial charge in [0.15, 0.2) is 0 Å². The lowest BCUT2D eigenvalue weighted by molar-refractivity contribution is 0.414. The Morgan fingerprint density at radius 3 is 2.42 bits per heavy atom. The Hall–Kier alpha value is -2.03. The van der Waals surface area contributed by atoms with Crippen LogP contribution >= 0.6 is 0 Å². The van der Waals surface area contributed by atoms with Gasteiger partial charge < -0.3 is 10.1 Å². The van der Waals surface area contributed by atoms with Crippen molar-refractivity contribution in [2.75, 3.05) is 12.4 Å². The third-order valence-electron chi connectivity index (χ3n) is 3.58. The van der Waals surface area contributed by atoms with E-state index in [1.807, 2.05) is 12.1 Å². The standard InChI is InChI=1S/C16H16FNO/c1-19-14-6-7-15(17)16(10-14)18-13-8-11-4-2-3-5-12(11)9-13/h2-7,10,13,18H,8-9H2,1H3. The Balaban J connectivity index is 1.77. The van der Waals surface area contributed by atoms with Crippen molar-refractivity contribution in [2.24, 2.45) is 0 Å². The van der Waals surface area contributed by atoms with Gasteiger partial charge >= 0.3 is 0 Å². The smallest absolute Gasteiger partial charge is 0.146 e.